The second-order valence-electron chi connectivity index (χ2n) is 13.9. The Hall–Kier alpha value is -2.61. The lowest BCUT2D eigenvalue weighted by Crippen LogP contribution is -2.55. The fourth-order valence-corrected chi connectivity index (χ4v) is 5.60. The highest BCUT2D eigenvalue weighted by Gasteiger charge is 2.55. The van der Waals surface area contributed by atoms with E-state index in [0.29, 0.717) is 22.3 Å². The molecule has 254 valence electrons. The van der Waals surface area contributed by atoms with Crippen LogP contribution in [0.3, 0.4) is 0 Å². The molecule has 2 rings (SSSR count). The molecule has 1 atom stereocenters. The van der Waals surface area contributed by atoms with Crippen LogP contribution in [0.5, 0.6) is 5.75 Å². The first-order valence-corrected chi connectivity index (χ1v) is 17.5. The van der Waals surface area contributed by atoms with Crippen molar-refractivity contribution < 1.29 is 28.7 Å². The van der Waals surface area contributed by atoms with Crippen LogP contribution in [-0.2, 0) is 19.1 Å². The lowest BCUT2D eigenvalue weighted by atomic mass is 9.85. The number of rotatable bonds is 22. The number of ether oxygens (including phenoxy) is 2. The van der Waals surface area contributed by atoms with Gasteiger partial charge >= 0.3 is 6.09 Å². The van der Waals surface area contributed by atoms with Crippen LogP contribution >= 0.6 is 11.6 Å². The number of carbonyl (C=O) groups is 4. The van der Waals surface area contributed by atoms with Gasteiger partial charge in [0.15, 0.2) is 17.4 Å². The number of Topliss-reactive ketones (excluding diaryl/α,β-unsaturated/α-hetero) is 1. The van der Waals surface area contributed by atoms with Crippen molar-refractivity contribution in [1.82, 2.24) is 4.90 Å². The summed E-state index contributed by atoms with van der Waals surface area (Å²) < 4.78 is 11.2. The van der Waals surface area contributed by atoms with Gasteiger partial charge in [-0.1, -0.05) is 136 Å². The summed E-state index contributed by atoms with van der Waals surface area (Å²) in [7, 11) is 0. The zero-order valence-electron chi connectivity index (χ0n) is 28.6. The Balaban J connectivity index is 1.79. The molecule has 0 saturated carbocycles. The molecule has 8 nitrogen and oxygen atoms in total. The number of hydrogen-bond acceptors (Lipinski definition) is 6. The van der Waals surface area contributed by atoms with Crippen molar-refractivity contribution >= 4 is 41.0 Å². The zero-order valence-corrected chi connectivity index (χ0v) is 29.4. The van der Waals surface area contributed by atoms with Crippen molar-refractivity contribution in [3.8, 4) is 5.75 Å². The first kappa shape index (κ1) is 38.6. The Labute approximate surface area is 276 Å². The van der Waals surface area contributed by atoms with Crippen LogP contribution in [0.2, 0.25) is 5.02 Å². The van der Waals surface area contributed by atoms with Gasteiger partial charge in [-0.2, -0.15) is 0 Å². The Kier molecular flexibility index (Phi) is 16.4. The number of imide groups is 1. The third kappa shape index (κ3) is 13.0. The number of halogens is 1. The summed E-state index contributed by atoms with van der Waals surface area (Å²) in [6.45, 7) is 10.4. The van der Waals surface area contributed by atoms with Gasteiger partial charge in [0, 0.05) is 10.4 Å². The molecule has 45 heavy (non-hydrogen) atoms. The molecule has 1 aliphatic heterocycles. The highest BCUT2D eigenvalue weighted by Crippen LogP contribution is 2.32. The molecular weight excluding hydrogens is 592 g/mol. The van der Waals surface area contributed by atoms with Gasteiger partial charge in [0.25, 0.3) is 11.8 Å². The molecule has 0 spiro atoms. The van der Waals surface area contributed by atoms with Crippen LogP contribution in [0.1, 0.15) is 144 Å². The van der Waals surface area contributed by atoms with Crippen LogP contribution in [0.15, 0.2) is 18.2 Å². The summed E-state index contributed by atoms with van der Waals surface area (Å²) in [4.78, 5) is 53.1. The predicted octanol–water partition coefficient (Wildman–Crippen LogP) is 9.66. The second-order valence-corrected chi connectivity index (χ2v) is 14.3. The third-order valence-corrected chi connectivity index (χ3v) is 8.46. The Bertz CT molecular complexity index is 1110. The van der Waals surface area contributed by atoms with Gasteiger partial charge in [-0.05, 0) is 38.5 Å². The first-order valence-electron chi connectivity index (χ1n) is 17.1. The summed E-state index contributed by atoms with van der Waals surface area (Å²) in [6, 6.07) is 3.12. The van der Waals surface area contributed by atoms with Crippen LogP contribution in [0, 0.1) is 5.41 Å². The molecule has 1 aromatic rings. The maximum atomic E-state index is 13.6. The highest BCUT2D eigenvalue weighted by molar-refractivity contribution is 6.31. The fourth-order valence-electron chi connectivity index (χ4n) is 5.43. The topological polar surface area (TPSA) is 102 Å². The van der Waals surface area contributed by atoms with E-state index >= 15 is 0 Å². The van der Waals surface area contributed by atoms with Gasteiger partial charge < -0.3 is 14.8 Å². The van der Waals surface area contributed by atoms with Crippen molar-refractivity contribution in [1.29, 1.82) is 0 Å². The molecule has 0 aliphatic carbocycles. The van der Waals surface area contributed by atoms with Crippen LogP contribution < -0.4 is 10.1 Å². The average molecular weight is 649 g/mol. The summed E-state index contributed by atoms with van der Waals surface area (Å²) in [5.41, 5.74) is -2.24. The molecule has 0 aromatic heterocycles. The van der Waals surface area contributed by atoms with Crippen LogP contribution in [-0.4, -0.2) is 46.8 Å². The van der Waals surface area contributed by atoms with Crippen molar-refractivity contribution in [2.75, 3.05) is 11.9 Å². The zero-order chi connectivity index (χ0) is 33.5. The summed E-state index contributed by atoms with van der Waals surface area (Å²) in [6.07, 6.45) is 19.5. The second kappa shape index (κ2) is 19.1. The minimum Gasteiger partial charge on any atom is -0.491 e. The molecule has 9 heteroatoms. The van der Waals surface area contributed by atoms with Crippen LogP contribution in [0.4, 0.5) is 10.5 Å². The van der Waals surface area contributed by atoms with E-state index in [2.05, 4.69) is 12.2 Å². The quantitative estimate of drug-likeness (QED) is 0.0992. The van der Waals surface area contributed by atoms with Gasteiger partial charge in [-0.3, -0.25) is 14.4 Å². The maximum Gasteiger partial charge on any atom is 0.418 e. The van der Waals surface area contributed by atoms with Crippen molar-refractivity contribution in [3.05, 3.63) is 23.2 Å². The Morgan fingerprint density at radius 3 is 1.80 bits per heavy atom. The number of unbranched alkanes of at least 4 members (excludes halogenated alkanes) is 15. The number of anilines is 1. The smallest absolute Gasteiger partial charge is 0.418 e. The normalized spacial score (nSPS) is 15.2. The molecule has 1 unspecified atom stereocenters. The number of nitrogens with one attached hydrogen (secondary N) is 1. The number of carbonyl (C=O) groups excluding carboxylic acids is 4. The van der Waals surface area contributed by atoms with Crippen molar-refractivity contribution in [3.63, 3.8) is 0 Å². The number of cyclic esters (lactones) is 1. The lowest BCUT2D eigenvalue weighted by molar-refractivity contribution is -0.145. The maximum absolute atomic E-state index is 13.6. The molecule has 0 radical (unpaired) electrons. The van der Waals surface area contributed by atoms with Gasteiger partial charge in [0.05, 0.1) is 12.3 Å². The van der Waals surface area contributed by atoms with E-state index in [1.807, 2.05) is 0 Å². The fraction of sp³-hybridized carbons (Fsp3) is 0.722. The van der Waals surface area contributed by atoms with Crippen molar-refractivity contribution in [2.24, 2.45) is 5.41 Å². The number of amides is 3. The molecule has 3 amide bonds. The largest absolute Gasteiger partial charge is 0.491 e. The highest BCUT2D eigenvalue weighted by atomic mass is 35.5. The summed E-state index contributed by atoms with van der Waals surface area (Å²) in [5, 5.41) is 3.04. The standard InChI is InChI=1S/C36H57ClN2O6/c1-7-8-9-10-11-12-13-14-15-16-17-18-19-20-21-22-25-44-29-24-23-27(37)26-28(29)38-32(41)30(31(40)35(2,3)4)39-33(42)36(5,6)45-34(39)43/h23-24,26,30H,7-22,25H2,1-6H3,(H,38,41). The molecule has 1 heterocycles. The predicted molar refractivity (Wildman–Crippen MR) is 181 cm³/mol. The van der Waals surface area contributed by atoms with E-state index in [1.54, 1.807) is 32.9 Å². The molecule has 1 N–H and O–H groups in total. The van der Waals surface area contributed by atoms with Gasteiger partial charge in [0.2, 0.25) is 0 Å². The van der Waals surface area contributed by atoms with E-state index in [1.165, 1.54) is 103 Å². The molecular formula is C36H57ClN2O6. The monoisotopic (exact) mass is 648 g/mol. The first-order chi connectivity index (χ1) is 21.3. The van der Waals surface area contributed by atoms with Gasteiger partial charge in [0.1, 0.15) is 5.75 Å². The van der Waals surface area contributed by atoms with Gasteiger partial charge in [-0.15, -0.1) is 0 Å². The number of benzene rings is 1. The molecule has 0 bridgehead atoms. The molecule has 1 saturated heterocycles. The summed E-state index contributed by atoms with van der Waals surface area (Å²) >= 11 is 6.22. The minimum absolute atomic E-state index is 0.259. The molecule has 1 fully saturated rings. The summed E-state index contributed by atoms with van der Waals surface area (Å²) in [5.74, 6) is -1.80. The van der Waals surface area contributed by atoms with E-state index in [9.17, 15) is 19.2 Å². The Morgan fingerprint density at radius 1 is 0.867 bits per heavy atom. The van der Waals surface area contributed by atoms with E-state index in [-0.39, 0.29) is 5.69 Å². The number of ketones is 1. The number of nitrogens with zero attached hydrogens (tertiary/aromatic N) is 1. The number of hydrogen-bond donors (Lipinski definition) is 1. The minimum atomic E-state index is -1.71. The van der Waals surface area contributed by atoms with Crippen LogP contribution in [0.25, 0.3) is 0 Å². The Morgan fingerprint density at radius 2 is 1.36 bits per heavy atom. The SMILES string of the molecule is CCCCCCCCCCCCCCCCCCOc1ccc(Cl)cc1NC(=O)C(C(=O)C(C)(C)C)N1C(=O)OC(C)(C)C1=O. The average Bonchev–Trinajstić information content (AvgIpc) is 3.16. The third-order valence-electron chi connectivity index (χ3n) is 8.22. The van der Waals surface area contributed by atoms with E-state index < -0.39 is 40.7 Å². The van der Waals surface area contributed by atoms with E-state index in [4.69, 9.17) is 21.1 Å². The lowest BCUT2D eigenvalue weighted by Gasteiger charge is -2.28. The molecule has 1 aliphatic rings. The molecule has 1 aromatic carbocycles. The van der Waals surface area contributed by atoms with Gasteiger partial charge in [-0.25, -0.2) is 9.69 Å². The van der Waals surface area contributed by atoms with Crippen molar-refractivity contribution in [2.45, 2.75) is 156 Å². The van der Waals surface area contributed by atoms with E-state index in [0.717, 1.165) is 19.3 Å².